The quantitative estimate of drug-likeness (QED) is 0.765. The molecular formula is C13H17N3. The van der Waals surface area contributed by atoms with Crippen LogP contribution in [-0.4, -0.2) is 27.5 Å². The zero-order valence-corrected chi connectivity index (χ0v) is 9.69. The average Bonchev–Trinajstić information content (AvgIpc) is 2.90. The third-order valence-electron chi connectivity index (χ3n) is 3.47. The van der Waals surface area contributed by atoms with Crippen molar-refractivity contribution in [3.8, 4) is 0 Å². The van der Waals surface area contributed by atoms with Crippen LogP contribution in [0.4, 0.5) is 0 Å². The molecule has 3 heteroatoms. The van der Waals surface area contributed by atoms with Gasteiger partial charge in [-0.15, -0.1) is 0 Å². The van der Waals surface area contributed by atoms with Crippen molar-refractivity contribution in [3.63, 3.8) is 0 Å². The SMILES string of the molecule is Cn1cc(CN2CCCC2)c2ccncc21. The lowest BCUT2D eigenvalue weighted by molar-refractivity contribution is 0.332. The molecule has 0 aliphatic carbocycles. The van der Waals surface area contributed by atoms with Crippen molar-refractivity contribution in [2.75, 3.05) is 13.1 Å². The Hall–Kier alpha value is -1.35. The van der Waals surface area contributed by atoms with Gasteiger partial charge in [-0.2, -0.15) is 0 Å². The molecule has 3 nitrogen and oxygen atoms in total. The van der Waals surface area contributed by atoms with Crippen LogP contribution in [0.25, 0.3) is 10.9 Å². The summed E-state index contributed by atoms with van der Waals surface area (Å²) in [5, 5.41) is 1.35. The van der Waals surface area contributed by atoms with Gasteiger partial charge in [-0.3, -0.25) is 9.88 Å². The minimum absolute atomic E-state index is 1.08. The second-order valence-electron chi connectivity index (χ2n) is 4.64. The average molecular weight is 215 g/mol. The molecule has 0 unspecified atom stereocenters. The van der Waals surface area contributed by atoms with Gasteiger partial charge in [0.25, 0.3) is 0 Å². The summed E-state index contributed by atoms with van der Waals surface area (Å²) in [6, 6.07) is 2.13. The predicted octanol–water partition coefficient (Wildman–Crippen LogP) is 2.17. The largest absolute Gasteiger partial charge is 0.349 e. The zero-order valence-electron chi connectivity index (χ0n) is 9.69. The van der Waals surface area contributed by atoms with Crippen molar-refractivity contribution in [2.24, 2.45) is 7.05 Å². The van der Waals surface area contributed by atoms with Crippen molar-refractivity contribution >= 4 is 10.9 Å². The molecule has 0 bridgehead atoms. The van der Waals surface area contributed by atoms with Crippen LogP contribution in [0.5, 0.6) is 0 Å². The molecule has 2 aromatic rings. The first kappa shape index (κ1) is 9.85. The van der Waals surface area contributed by atoms with E-state index < -0.39 is 0 Å². The Labute approximate surface area is 95.7 Å². The Kier molecular flexibility index (Phi) is 2.40. The van der Waals surface area contributed by atoms with Crippen molar-refractivity contribution in [1.29, 1.82) is 0 Å². The number of aromatic nitrogens is 2. The molecule has 1 saturated heterocycles. The Morgan fingerprint density at radius 1 is 1.31 bits per heavy atom. The smallest absolute Gasteiger partial charge is 0.0667 e. The van der Waals surface area contributed by atoms with Crippen LogP contribution in [0.15, 0.2) is 24.7 Å². The van der Waals surface area contributed by atoms with E-state index in [4.69, 9.17) is 0 Å². The van der Waals surface area contributed by atoms with Gasteiger partial charge < -0.3 is 4.57 Å². The molecule has 0 atom stereocenters. The lowest BCUT2D eigenvalue weighted by Crippen LogP contribution is -2.18. The van der Waals surface area contributed by atoms with Crippen LogP contribution in [0.2, 0.25) is 0 Å². The Morgan fingerprint density at radius 3 is 2.94 bits per heavy atom. The molecule has 0 N–H and O–H groups in total. The molecule has 0 saturated carbocycles. The van der Waals surface area contributed by atoms with Crippen molar-refractivity contribution in [1.82, 2.24) is 14.5 Å². The highest BCUT2D eigenvalue weighted by molar-refractivity contribution is 5.82. The lowest BCUT2D eigenvalue weighted by Gasteiger charge is -2.13. The number of likely N-dealkylation sites (tertiary alicyclic amines) is 1. The third-order valence-corrected chi connectivity index (χ3v) is 3.47. The van der Waals surface area contributed by atoms with Gasteiger partial charge in [0, 0.05) is 31.4 Å². The van der Waals surface area contributed by atoms with Crippen LogP contribution in [0, 0.1) is 0 Å². The van der Waals surface area contributed by atoms with E-state index in [1.54, 1.807) is 0 Å². The van der Waals surface area contributed by atoms with Gasteiger partial charge in [-0.25, -0.2) is 0 Å². The van der Waals surface area contributed by atoms with E-state index in [1.165, 1.54) is 42.4 Å². The van der Waals surface area contributed by atoms with E-state index in [1.807, 2.05) is 12.4 Å². The number of nitrogens with zero attached hydrogens (tertiary/aromatic N) is 3. The van der Waals surface area contributed by atoms with E-state index in [2.05, 4.69) is 33.8 Å². The highest BCUT2D eigenvalue weighted by atomic mass is 15.1. The molecule has 84 valence electrons. The van der Waals surface area contributed by atoms with Gasteiger partial charge in [0.15, 0.2) is 0 Å². The molecule has 3 heterocycles. The zero-order chi connectivity index (χ0) is 11.0. The maximum atomic E-state index is 4.18. The molecule has 0 spiro atoms. The minimum Gasteiger partial charge on any atom is -0.349 e. The Bertz CT molecular complexity index is 495. The molecule has 2 aromatic heterocycles. The molecule has 0 amide bonds. The van der Waals surface area contributed by atoms with Crippen LogP contribution >= 0.6 is 0 Å². The van der Waals surface area contributed by atoms with Crippen molar-refractivity contribution in [3.05, 3.63) is 30.2 Å². The summed E-state index contributed by atoms with van der Waals surface area (Å²) in [6.45, 7) is 3.59. The topological polar surface area (TPSA) is 21.1 Å². The number of rotatable bonds is 2. The third kappa shape index (κ3) is 1.61. The fourth-order valence-corrected chi connectivity index (χ4v) is 2.62. The first-order valence-corrected chi connectivity index (χ1v) is 5.95. The first-order valence-electron chi connectivity index (χ1n) is 5.95. The van der Waals surface area contributed by atoms with Crippen molar-refractivity contribution in [2.45, 2.75) is 19.4 Å². The van der Waals surface area contributed by atoms with Gasteiger partial charge in [0.05, 0.1) is 11.7 Å². The predicted molar refractivity (Wildman–Crippen MR) is 65.2 cm³/mol. The molecule has 0 radical (unpaired) electrons. The Balaban J connectivity index is 1.96. The van der Waals surface area contributed by atoms with Gasteiger partial charge >= 0.3 is 0 Å². The van der Waals surface area contributed by atoms with E-state index >= 15 is 0 Å². The summed E-state index contributed by atoms with van der Waals surface area (Å²) < 4.78 is 2.17. The first-order chi connectivity index (χ1) is 7.84. The summed E-state index contributed by atoms with van der Waals surface area (Å²) in [5.41, 5.74) is 2.67. The van der Waals surface area contributed by atoms with E-state index in [-0.39, 0.29) is 0 Å². The number of pyridine rings is 1. The number of hydrogen-bond acceptors (Lipinski definition) is 2. The molecule has 16 heavy (non-hydrogen) atoms. The van der Waals surface area contributed by atoms with Gasteiger partial charge in [0.2, 0.25) is 0 Å². The maximum absolute atomic E-state index is 4.18. The van der Waals surface area contributed by atoms with E-state index in [0.717, 1.165) is 6.54 Å². The van der Waals surface area contributed by atoms with Gasteiger partial charge in [-0.05, 0) is 37.6 Å². The number of fused-ring (bicyclic) bond motifs is 1. The fraction of sp³-hybridized carbons (Fsp3) is 0.462. The van der Waals surface area contributed by atoms with Crippen LogP contribution < -0.4 is 0 Å². The molecule has 1 aliphatic heterocycles. The summed E-state index contributed by atoms with van der Waals surface area (Å²) in [4.78, 5) is 6.72. The van der Waals surface area contributed by atoms with Gasteiger partial charge in [0.1, 0.15) is 0 Å². The number of hydrogen-bond donors (Lipinski definition) is 0. The highest BCUT2D eigenvalue weighted by Gasteiger charge is 2.14. The van der Waals surface area contributed by atoms with Crippen LogP contribution in [-0.2, 0) is 13.6 Å². The lowest BCUT2D eigenvalue weighted by atomic mass is 10.2. The van der Waals surface area contributed by atoms with Crippen LogP contribution in [0.1, 0.15) is 18.4 Å². The molecule has 1 aliphatic rings. The Morgan fingerprint density at radius 2 is 2.12 bits per heavy atom. The number of aryl methyl sites for hydroxylation is 1. The summed E-state index contributed by atoms with van der Waals surface area (Å²) in [5.74, 6) is 0. The molecule has 1 fully saturated rings. The summed E-state index contributed by atoms with van der Waals surface area (Å²) in [7, 11) is 2.09. The van der Waals surface area contributed by atoms with E-state index in [0.29, 0.717) is 0 Å². The summed E-state index contributed by atoms with van der Waals surface area (Å²) >= 11 is 0. The molecular weight excluding hydrogens is 198 g/mol. The normalized spacial score (nSPS) is 17.3. The monoisotopic (exact) mass is 215 g/mol. The van der Waals surface area contributed by atoms with Crippen molar-refractivity contribution < 1.29 is 0 Å². The second kappa shape index (κ2) is 3.91. The standard InChI is InChI=1S/C13H17N3/c1-15-9-11(10-16-6-2-3-7-16)12-4-5-14-8-13(12)15/h4-5,8-9H,2-3,6-7,10H2,1H3. The summed E-state index contributed by atoms with van der Waals surface area (Å²) in [6.07, 6.45) is 8.78. The molecule has 0 aromatic carbocycles. The van der Waals surface area contributed by atoms with Gasteiger partial charge in [-0.1, -0.05) is 0 Å². The fourth-order valence-electron chi connectivity index (χ4n) is 2.62. The minimum atomic E-state index is 1.08. The second-order valence-corrected chi connectivity index (χ2v) is 4.64. The molecule has 3 rings (SSSR count). The highest BCUT2D eigenvalue weighted by Crippen LogP contribution is 2.22. The maximum Gasteiger partial charge on any atom is 0.0667 e. The van der Waals surface area contributed by atoms with E-state index in [9.17, 15) is 0 Å². The van der Waals surface area contributed by atoms with Crippen LogP contribution in [0.3, 0.4) is 0 Å².